The number of imide groups is 1. The van der Waals surface area contributed by atoms with Crippen LogP contribution < -0.4 is 4.90 Å². The van der Waals surface area contributed by atoms with E-state index in [4.69, 9.17) is 14.2 Å². The van der Waals surface area contributed by atoms with Crippen molar-refractivity contribution in [1.29, 1.82) is 0 Å². The lowest BCUT2D eigenvalue weighted by atomic mass is 9.74. The second-order valence-corrected chi connectivity index (χ2v) is 8.35. The number of benzene rings is 1. The normalized spacial score (nSPS) is 33.8. The highest BCUT2D eigenvalue weighted by Gasteiger charge is 2.87. The average Bonchev–Trinajstić information content (AvgIpc) is 3.49. The summed E-state index contributed by atoms with van der Waals surface area (Å²) in [5, 5.41) is 0. The fourth-order valence-corrected chi connectivity index (χ4v) is 5.66. The first-order chi connectivity index (χ1) is 15.8. The number of amides is 3. The van der Waals surface area contributed by atoms with E-state index in [1.165, 1.54) is 6.08 Å². The van der Waals surface area contributed by atoms with Crippen molar-refractivity contribution in [2.75, 3.05) is 18.1 Å². The van der Waals surface area contributed by atoms with Gasteiger partial charge in [0, 0.05) is 0 Å². The Morgan fingerprint density at radius 1 is 1.15 bits per heavy atom. The van der Waals surface area contributed by atoms with Crippen molar-refractivity contribution in [3.05, 3.63) is 43.0 Å². The maximum atomic E-state index is 13.7. The number of rotatable bonds is 6. The first kappa shape index (κ1) is 21.3. The molecule has 4 aliphatic rings. The summed E-state index contributed by atoms with van der Waals surface area (Å²) in [6.07, 6.45) is 1.65. The van der Waals surface area contributed by atoms with Crippen LogP contribution in [0.4, 0.5) is 5.69 Å². The molecular formula is C23H22N2O8. The lowest BCUT2D eigenvalue weighted by Crippen LogP contribution is -2.63. The van der Waals surface area contributed by atoms with Gasteiger partial charge in [0.2, 0.25) is 11.8 Å². The molecule has 0 aliphatic carbocycles. The topological polar surface area (TPSA) is 120 Å². The van der Waals surface area contributed by atoms with Gasteiger partial charge in [0.25, 0.3) is 11.5 Å². The second-order valence-electron chi connectivity index (χ2n) is 8.35. The molecule has 5 atom stereocenters. The Hall–Kier alpha value is -3.53. The highest BCUT2D eigenvalue weighted by molar-refractivity contribution is 6.28. The highest BCUT2D eigenvalue weighted by Crippen LogP contribution is 2.64. The van der Waals surface area contributed by atoms with Gasteiger partial charge in [-0.2, -0.15) is 0 Å². The van der Waals surface area contributed by atoms with Crippen LogP contribution in [0.1, 0.15) is 19.8 Å². The van der Waals surface area contributed by atoms with Crippen LogP contribution in [0.25, 0.3) is 0 Å². The number of nitrogens with zero attached hydrogens (tertiary/aromatic N) is 2. The molecule has 0 saturated carbocycles. The third-order valence-corrected chi connectivity index (χ3v) is 6.81. The van der Waals surface area contributed by atoms with E-state index in [9.17, 15) is 24.0 Å². The molecule has 4 saturated heterocycles. The van der Waals surface area contributed by atoms with Gasteiger partial charge in [0.15, 0.2) is 5.72 Å². The van der Waals surface area contributed by atoms with Crippen LogP contribution in [0.3, 0.4) is 0 Å². The fraction of sp³-hybridized carbons (Fsp3) is 0.435. The molecule has 33 heavy (non-hydrogen) atoms. The van der Waals surface area contributed by atoms with Gasteiger partial charge >= 0.3 is 11.9 Å². The fourth-order valence-electron chi connectivity index (χ4n) is 5.66. The first-order valence-electron chi connectivity index (χ1n) is 10.8. The van der Waals surface area contributed by atoms with Crippen molar-refractivity contribution in [2.24, 2.45) is 11.8 Å². The minimum Gasteiger partial charge on any atom is -0.463 e. The number of fused-ring (bicyclic) bond motifs is 3. The summed E-state index contributed by atoms with van der Waals surface area (Å²) < 4.78 is 16.4. The van der Waals surface area contributed by atoms with E-state index < -0.39 is 58.9 Å². The maximum absolute atomic E-state index is 13.7. The van der Waals surface area contributed by atoms with E-state index in [0.29, 0.717) is 5.69 Å². The van der Waals surface area contributed by atoms with Crippen molar-refractivity contribution < 1.29 is 38.2 Å². The van der Waals surface area contributed by atoms with E-state index in [1.807, 2.05) is 0 Å². The van der Waals surface area contributed by atoms with Crippen LogP contribution in [0.15, 0.2) is 43.0 Å². The number of esters is 2. The molecule has 1 aromatic rings. The third-order valence-electron chi connectivity index (χ3n) is 6.81. The van der Waals surface area contributed by atoms with Crippen LogP contribution in [-0.4, -0.2) is 65.1 Å². The monoisotopic (exact) mass is 454 g/mol. The predicted molar refractivity (Wildman–Crippen MR) is 110 cm³/mol. The molecule has 3 amide bonds. The van der Waals surface area contributed by atoms with Gasteiger partial charge in [-0.15, -0.1) is 0 Å². The van der Waals surface area contributed by atoms with Crippen LogP contribution in [0, 0.1) is 11.8 Å². The van der Waals surface area contributed by atoms with E-state index in [2.05, 4.69) is 6.58 Å². The summed E-state index contributed by atoms with van der Waals surface area (Å²) in [7, 11) is 0. The molecular weight excluding hydrogens is 432 g/mol. The van der Waals surface area contributed by atoms with E-state index in [-0.39, 0.29) is 26.1 Å². The van der Waals surface area contributed by atoms with Crippen LogP contribution in [0.2, 0.25) is 0 Å². The van der Waals surface area contributed by atoms with Crippen molar-refractivity contribution in [3.8, 4) is 0 Å². The Labute approximate surface area is 189 Å². The smallest absolute Gasteiger partial charge is 0.349 e. The quantitative estimate of drug-likeness (QED) is 0.265. The predicted octanol–water partition coefficient (Wildman–Crippen LogP) is 0.554. The summed E-state index contributed by atoms with van der Waals surface area (Å²) in [5.74, 6) is -6.39. The highest BCUT2D eigenvalue weighted by atomic mass is 16.6. The first-order valence-corrected chi connectivity index (χ1v) is 10.8. The molecule has 1 aromatic carbocycles. The third kappa shape index (κ3) is 2.49. The summed E-state index contributed by atoms with van der Waals surface area (Å²) >= 11 is 0. The largest absolute Gasteiger partial charge is 0.463 e. The lowest BCUT2D eigenvalue weighted by Gasteiger charge is -2.37. The molecule has 2 bridgehead atoms. The van der Waals surface area contributed by atoms with Gasteiger partial charge in [-0.1, -0.05) is 30.9 Å². The van der Waals surface area contributed by atoms with Crippen LogP contribution in [0.5, 0.6) is 0 Å². The standard InChI is InChI=1S/C23H22N2O8/c1-3-12-32-19(28)14-10-11-22-15-16(18(27)24(17(15)26)13-8-6-5-7-9-13)23(33-22,20(29)25(14)22)21(30)31-4-2/h3,5-9,14-16H,1,4,10-12H2,2H3/t14-,15+,16-,22-,23+/m1/s1. The molecule has 1 spiro atoms. The molecule has 10 nitrogen and oxygen atoms in total. The molecule has 0 unspecified atom stereocenters. The second kappa shape index (κ2) is 7.24. The zero-order valence-corrected chi connectivity index (χ0v) is 17.9. The Balaban J connectivity index is 1.63. The van der Waals surface area contributed by atoms with Crippen LogP contribution >= 0.6 is 0 Å². The minimum absolute atomic E-state index is 0.0561. The van der Waals surface area contributed by atoms with Gasteiger partial charge < -0.3 is 14.2 Å². The van der Waals surface area contributed by atoms with Gasteiger partial charge in [0.1, 0.15) is 24.5 Å². The summed E-state index contributed by atoms with van der Waals surface area (Å²) in [5.41, 5.74) is -3.60. The van der Waals surface area contributed by atoms with Gasteiger partial charge in [-0.3, -0.25) is 19.3 Å². The minimum atomic E-state index is -2.33. The summed E-state index contributed by atoms with van der Waals surface area (Å²) in [6, 6.07) is 7.22. The number of hydrogen-bond donors (Lipinski definition) is 0. The molecule has 4 fully saturated rings. The SMILES string of the molecule is C=CCOC(=O)[C@H]1CC[C@]23O[C@](C(=O)OCC)(C(=O)N12)[C@H]1C(=O)N(c2ccccc2)C(=O)[C@H]13. The van der Waals surface area contributed by atoms with E-state index in [0.717, 1.165) is 9.80 Å². The number of carbonyl (C=O) groups excluding carboxylic acids is 5. The molecule has 0 aromatic heterocycles. The van der Waals surface area contributed by atoms with Crippen molar-refractivity contribution in [2.45, 2.75) is 37.1 Å². The summed E-state index contributed by atoms with van der Waals surface area (Å²) in [6.45, 7) is 4.95. The van der Waals surface area contributed by atoms with Crippen molar-refractivity contribution in [3.63, 3.8) is 0 Å². The number of anilines is 1. The zero-order chi connectivity index (χ0) is 23.5. The number of para-hydroxylation sites is 1. The molecule has 4 aliphatic heterocycles. The Morgan fingerprint density at radius 3 is 2.52 bits per heavy atom. The Kier molecular flexibility index (Phi) is 4.68. The number of hydrogen-bond acceptors (Lipinski definition) is 8. The van der Waals surface area contributed by atoms with E-state index in [1.54, 1.807) is 37.3 Å². The van der Waals surface area contributed by atoms with Gasteiger partial charge in [0.05, 0.1) is 12.3 Å². The van der Waals surface area contributed by atoms with Crippen LogP contribution in [-0.2, 0) is 38.2 Å². The number of ether oxygens (including phenoxy) is 3. The zero-order valence-electron chi connectivity index (χ0n) is 17.9. The van der Waals surface area contributed by atoms with Gasteiger partial charge in [-0.25, -0.2) is 14.5 Å². The van der Waals surface area contributed by atoms with Crippen molar-refractivity contribution >= 4 is 35.3 Å². The maximum Gasteiger partial charge on any atom is 0.349 e. The summed E-state index contributed by atoms with van der Waals surface area (Å²) in [4.78, 5) is 68.8. The Bertz CT molecular complexity index is 1090. The molecule has 10 heteroatoms. The molecule has 5 rings (SSSR count). The lowest BCUT2D eigenvalue weighted by molar-refractivity contribution is -0.176. The van der Waals surface area contributed by atoms with Gasteiger partial charge in [-0.05, 0) is 31.9 Å². The molecule has 172 valence electrons. The Morgan fingerprint density at radius 2 is 1.85 bits per heavy atom. The van der Waals surface area contributed by atoms with Crippen molar-refractivity contribution in [1.82, 2.24) is 4.90 Å². The number of carbonyl (C=O) groups is 5. The average molecular weight is 454 g/mol. The van der Waals surface area contributed by atoms with E-state index >= 15 is 0 Å². The molecule has 0 N–H and O–H groups in total. The molecule has 0 radical (unpaired) electrons. The number of piperidine rings is 1. The molecule has 4 heterocycles.